The molecule has 0 fully saturated rings. The van der Waals surface area contributed by atoms with Gasteiger partial charge in [-0.1, -0.05) is 23.8 Å². The first kappa shape index (κ1) is 20.0. The zero-order valence-corrected chi connectivity index (χ0v) is 16.8. The predicted molar refractivity (Wildman–Crippen MR) is 112 cm³/mol. The molecule has 0 aliphatic rings. The topological polar surface area (TPSA) is 109 Å². The number of methoxy groups -OCH3 is 1. The monoisotopic (exact) mass is 407 g/mol. The van der Waals surface area contributed by atoms with Crippen molar-refractivity contribution in [2.45, 2.75) is 13.8 Å². The molecule has 29 heavy (non-hydrogen) atoms. The molecule has 1 N–H and O–H groups in total. The van der Waals surface area contributed by atoms with Gasteiger partial charge < -0.3 is 9.84 Å². The van der Waals surface area contributed by atoms with Crippen LogP contribution in [-0.4, -0.2) is 22.1 Å². The number of hydrogen-bond acceptors (Lipinski definition) is 7. The molecule has 1 aromatic heterocycles. The molecule has 0 aliphatic carbocycles. The van der Waals surface area contributed by atoms with Crippen LogP contribution < -0.4 is 4.74 Å². The van der Waals surface area contributed by atoms with Crippen molar-refractivity contribution in [1.82, 2.24) is 4.98 Å². The van der Waals surface area contributed by atoms with Gasteiger partial charge in [-0.25, -0.2) is 4.98 Å². The van der Waals surface area contributed by atoms with Crippen molar-refractivity contribution in [2.75, 3.05) is 7.11 Å². The van der Waals surface area contributed by atoms with Crippen LogP contribution in [0.4, 0.5) is 5.69 Å². The second-order valence-corrected chi connectivity index (χ2v) is 7.23. The van der Waals surface area contributed by atoms with Gasteiger partial charge in [-0.2, -0.15) is 5.26 Å². The number of nitro benzene ring substituents is 1. The Morgan fingerprint density at radius 3 is 2.72 bits per heavy atom. The third kappa shape index (κ3) is 4.10. The first-order valence-corrected chi connectivity index (χ1v) is 9.42. The van der Waals surface area contributed by atoms with E-state index in [9.17, 15) is 20.5 Å². The number of aromatic nitrogens is 1. The largest absolute Gasteiger partial charge is 0.500 e. The maximum Gasteiger partial charge on any atom is 0.315 e. The highest BCUT2D eigenvalue weighted by atomic mass is 32.1. The average molecular weight is 407 g/mol. The fourth-order valence-electron chi connectivity index (χ4n) is 2.92. The van der Waals surface area contributed by atoms with E-state index in [-0.39, 0.29) is 11.3 Å². The Morgan fingerprint density at radius 2 is 2.10 bits per heavy atom. The fraction of sp³-hybridized carbons (Fsp3) is 0.143. The quantitative estimate of drug-likeness (QED) is 0.357. The second-order valence-electron chi connectivity index (χ2n) is 6.37. The molecule has 146 valence electrons. The summed E-state index contributed by atoms with van der Waals surface area (Å²) in [7, 11) is 1.30. The summed E-state index contributed by atoms with van der Waals surface area (Å²) in [4.78, 5) is 15.0. The lowest BCUT2D eigenvalue weighted by molar-refractivity contribution is -0.386. The van der Waals surface area contributed by atoms with Gasteiger partial charge in [-0.3, -0.25) is 10.1 Å². The molecule has 0 bridgehead atoms. The lowest BCUT2D eigenvalue weighted by Gasteiger charge is -2.05. The summed E-state index contributed by atoms with van der Waals surface area (Å²) in [6.07, 6.45) is 1.49. The van der Waals surface area contributed by atoms with Gasteiger partial charge in [0.15, 0.2) is 5.75 Å². The molecule has 1 heterocycles. The third-order valence-electron chi connectivity index (χ3n) is 4.32. The minimum atomic E-state index is -0.705. The smallest absolute Gasteiger partial charge is 0.315 e. The Balaban J connectivity index is 2.04. The molecule has 2 aromatic carbocycles. The maximum atomic E-state index is 11.2. The van der Waals surface area contributed by atoms with Crippen molar-refractivity contribution in [1.29, 1.82) is 5.26 Å². The number of benzene rings is 2. The number of phenolic OH excluding ortho intramolecular Hbond substituents is 1. The first-order valence-electron chi connectivity index (χ1n) is 8.54. The van der Waals surface area contributed by atoms with E-state index in [1.807, 2.05) is 31.4 Å². The van der Waals surface area contributed by atoms with Crippen molar-refractivity contribution in [3.63, 3.8) is 0 Å². The summed E-state index contributed by atoms with van der Waals surface area (Å²) in [5.74, 6) is -0.600. The van der Waals surface area contributed by atoms with E-state index in [0.717, 1.165) is 22.4 Å². The molecule has 0 amide bonds. The molecule has 0 radical (unpaired) electrons. The predicted octanol–water partition coefficient (Wildman–Crippen LogP) is 5.11. The molecule has 8 heteroatoms. The minimum Gasteiger partial charge on any atom is -0.500 e. The van der Waals surface area contributed by atoms with Crippen molar-refractivity contribution >= 4 is 28.7 Å². The van der Waals surface area contributed by atoms with Crippen molar-refractivity contribution < 1.29 is 14.8 Å². The summed E-state index contributed by atoms with van der Waals surface area (Å²) < 4.78 is 5.00. The van der Waals surface area contributed by atoms with Crippen LogP contribution in [0.3, 0.4) is 0 Å². The van der Waals surface area contributed by atoms with Gasteiger partial charge in [0.1, 0.15) is 11.1 Å². The number of thiazole rings is 1. The molecule has 0 spiro atoms. The molecular formula is C21H17N3O4S. The molecule has 0 saturated carbocycles. The van der Waals surface area contributed by atoms with E-state index in [1.54, 1.807) is 0 Å². The number of ether oxygens (including phenoxy) is 1. The summed E-state index contributed by atoms with van der Waals surface area (Å²) >= 11 is 1.32. The van der Waals surface area contributed by atoms with E-state index >= 15 is 0 Å². The molecule has 0 atom stereocenters. The highest BCUT2D eigenvalue weighted by molar-refractivity contribution is 7.11. The lowest BCUT2D eigenvalue weighted by Crippen LogP contribution is -1.93. The molecule has 0 saturated heterocycles. The van der Waals surface area contributed by atoms with Gasteiger partial charge in [-0.05, 0) is 37.1 Å². The highest BCUT2D eigenvalue weighted by Gasteiger charge is 2.20. The number of nitro groups is 1. The fourth-order valence-corrected chi connectivity index (χ4v) is 3.71. The Labute approximate surface area is 171 Å². The third-order valence-corrected chi connectivity index (χ3v) is 5.19. The number of hydrogen-bond donors (Lipinski definition) is 1. The van der Waals surface area contributed by atoms with E-state index in [1.165, 1.54) is 36.7 Å². The van der Waals surface area contributed by atoms with Gasteiger partial charge in [-0.15, -0.1) is 11.3 Å². The van der Waals surface area contributed by atoms with E-state index in [2.05, 4.69) is 17.1 Å². The van der Waals surface area contributed by atoms with Gasteiger partial charge in [0, 0.05) is 17.0 Å². The van der Waals surface area contributed by atoms with E-state index < -0.39 is 16.4 Å². The van der Waals surface area contributed by atoms with Crippen LogP contribution in [0.2, 0.25) is 0 Å². The molecule has 3 rings (SSSR count). The van der Waals surface area contributed by atoms with Crippen LogP contribution in [0.5, 0.6) is 11.5 Å². The van der Waals surface area contributed by atoms with Crippen LogP contribution in [0, 0.1) is 35.3 Å². The number of allylic oxidation sites excluding steroid dienone is 1. The SMILES string of the molecule is COc1cc(C=C(C#N)c2nc(-c3ccc(C)cc3C)cs2)cc([N+](=O)[O-])c1O. The number of nitriles is 1. The Hall–Kier alpha value is -3.70. The van der Waals surface area contributed by atoms with Crippen LogP contribution in [0.25, 0.3) is 22.9 Å². The number of phenols is 1. The standard InChI is InChI=1S/C21H17N3O4S/c1-12-4-5-16(13(2)6-12)17-11-29-21(23-17)15(10-22)7-14-8-18(24(26)27)20(25)19(9-14)28-3/h4-9,11,25H,1-3H3. The van der Waals surface area contributed by atoms with Gasteiger partial charge >= 0.3 is 5.69 Å². The molecule has 7 nitrogen and oxygen atoms in total. The van der Waals surface area contributed by atoms with Crippen molar-refractivity contribution in [3.05, 3.63) is 67.5 Å². The van der Waals surface area contributed by atoms with E-state index in [0.29, 0.717) is 10.6 Å². The average Bonchev–Trinajstić information content (AvgIpc) is 3.16. The summed E-state index contributed by atoms with van der Waals surface area (Å²) in [5.41, 5.74) is 4.10. The van der Waals surface area contributed by atoms with E-state index in [4.69, 9.17) is 4.74 Å². The number of aryl methyl sites for hydroxylation is 2. The highest BCUT2D eigenvalue weighted by Crippen LogP contribution is 2.38. The summed E-state index contributed by atoms with van der Waals surface area (Å²) in [5, 5.41) is 33.1. The molecular weight excluding hydrogens is 390 g/mol. The first-order chi connectivity index (χ1) is 13.8. The minimum absolute atomic E-state index is 0.0437. The summed E-state index contributed by atoms with van der Waals surface area (Å²) in [6.45, 7) is 4.02. The molecule has 0 unspecified atom stereocenters. The normalized spacial score (nSPS) is 11.2. The van der Waals surface area contributed by atoms with Crippen molar-refractivity contribution in [2.24, 2.45) is 0 Å². The summed E-state index contributed by atoms with van der Waals surface area (Å²) in [6, 6.07) is 10.8. The van der Waals surface area contributed by atoms with Crippen LogP contribution in [-0.2, 0) is 0 Å². The molecule has 3 aromatic rings. The Morgan fingerprint density at radius 1 is 1.34 bits per heavy atom. The van der Waals surface area contributed by atoms with Gasteiger partial charge in [0.25, 0.3) is 0 Å². The van der Waals surface area contributed by atoms with Crippen LogP contribution >= 0.6 is 11.3 Å². The maximum absolute atomic E-state index is 11.2. The molecule has 0 aliphatic heterocycles. The Bertz CT molecular complexity index is 1180. The zero-order chi connectivity index (χ0) is 21.1. The van der Waals surface area contributed by atoms with Crippen molar-refractivity contribution in [3.8, 4) is 28.8 Å². The zero-order valence-electron chi connectivity index (χ0n) is 16.0. The Kier molecular flexibility index (Phi) is 5.61. The number of rotatable bonds is 5. The van der Waals surface area contributed by atoms with Crippen LogP contribution in [0.15, 0.2) is 35.7 Å². The second kappa shape index (κ2) is 8.12. The van der Waals surface area contributed by atoms with Crippen LogP contribution in [0.1, 0.15) is 21.7 Å². The number of nitrogens with zero attached hydrogens (tertiary/aromatic N) is 3. The van der Waals surface area contributed by atoms with Gasteiger partial charge in [0.2, 0.25) is 5.75 Å². The number of aromatic hydroxyl groups is 1. The lowest BCUT2D eigenvalue weighted by atomic mass is 10.0. The van der Waals surface area contributed by atoms with Gasteiger partial charge in [0.05, 0.1) is 23.3 Å².